The van der Waals surface area contributed by atoms with Gasteiger partial charge in [0, 0.05) is 11.1 Å². The first-order chi connectivity index (χ1) is 12.8. The monoisotopic (exact) mass is 412 g/mol. The van der Waals surface area contributed by atoms with Crippen molar-refractivity contribution in [1.29, 1.82) is 0 Å². The molecule has 3 N–H and O–H groups in total. The van der Waals surface area contributed by atoms with E-state index in [9.17, 15) is 9.59 Å². The maximum absolute atomic E-state index is 12.4. The minimum atomic E-state index is -1.11. The Balaban J connectivity index is 2.14. The molecular formula is C18H18Cl2N2O5. The van der Waals surface area contributed by atoms with E-state index in [2.05, 4.69) is 5.32 Å². The molecule has 27 heavy (non-hydrogen) atoms. The molecule has 0 aliphatic rings. The number of halogens is 2. The van der Waals surface area contributed by atoms with Gasteiger partial charge in [-0.3, -0.25) is 4.79 Å². The fourth-order valence-corrected chi connectivity index (χ4v) is 2.52. The van der Waals surface area contributed by atoms with Crippen molar-refractivity contribution in [3.8, 4) is 11.5 Å². The van der Waals surface area contributed by atoms with Gasteiger partial charge in [0.2, 0.25) is 0 Å². The molecule has 0 saturated heterocycles. The van der Waals surface area contributed by atoms with E-state index in [-0.39, 0.29) is 22.0 Å². The number of nitrogens with two attached hydrogens (primary N) is 1. The first-order valence-electron chi connectivity index (χ1n) is 7.75. The molecule has 2 aromatic carbocycles. The summed E-state index contributed by atoms with van der Waals surface area (Å²) in [5.41, 5.74) is 6.35. The summed E-state index contributed by atoms with van der Waals surface area (Å²) in [5.74, 6) is -0.747. The Labute approximate surface area is 166 Å². The summed E-state index contributed by atoms with van der Waals surface area (Å²) in [6.07, 6.45) is -1.11. The summed E-state index contributed by atoms with van der Waals surface area (Å²) in [7, 11) is 2.83. The maximum Gasteiger partial charge on any atom is 0.342 e. The third-order valence-corrected chi connectivity index (χ3v) is 4.17. The maximum atomic E-state index is 12.4. The van der Waals surface area contributed by atoms with Crippen LogP contribution in [-0.4, -0.2) is 32.2 Å². The van der Waals surface area contributed by atoms with Gasteiger partial charge < -0.3 is 25.3 Å². The van der Waals surface area contributed by atoms with Gasteiger partial charge in [-0.15, -0.1) is 0 Å². The lowest BCUT2D eigenvalue weighted by Gasteiger charge is -2.16. The standard InChI is InChI=1S/C18H18Cl2N2O5/c1-9(17(23)22-14-6-10(19)4-5-15(14)25-2)27-18(24)11-7-12(20)13(21)8-16(11)26-3/h4-9H,21H2,1-3H3,(H,22,23)/t9-/m0/s1. The molecule has 144 valence electrons. The van der Waals surface area contributed by atoms with E-state index in [0.717, 1.165) is 0 Å². The Morgan fingerprint density at radius 1 is 1.07 bits per heavy atom. The number of nitrogen functional groups attached to an aromatic ring is 1. The lowest BCUT2D eigenvalue weighted by Crippen LogP contribution is -2.30. The number of nitrogens with one attached hydrogen (secondary N) is 1. The summed E-state index contributed by atoms with van der Waals surface area (Å²) in [5, 5.41) is 3.19. The second-order valence-corrected chi connectivity index (χ2v) is 6.30. The molecule has 0 fully saturated rings. The van der Waals surface area contributed by atoms with Crippen molar-refractivity contribution >= 4 is 46.5 Å². The van der Waals surface area contributed by atoms with Gasteiger partial charge in [0.05, 0.1) is 30.6 Å². The van der Waals surface area contributed by atoms with Crippen LogP contribution in [0.1, 0.15) is 17.3 Å². The first kappa shape index (κ1) is 20.7. The minimum Gasteiger partial charge on any atom is -0.496 e. The molecule has 0 radical (unpaired) electrons. The third kappa shape index (κ3) is 4.96. The Morgan fingerprint density at radius 3 is 2.37 bits per heavy atom. The van der Waals surface area contributed by atoms with Gasteiger partial charge in [0.15, 0.2) is 6.10 Å². The number of hydrogen-bond donors (Lipinski definition) is 2. The van der Waals surface area contributed by atoms with Gasteiger partial charge in [-0.05, 0) is 31.2 Å². The van der Waals surface area contributed by atoms with Crippen molar-refractivity contribution in [2.45, 2.75) is 13.0 Å². The van der Waals surface area contributed by atoms with Gasteiger partial charge in [0.25, 0.3) is 5.91 Å². The van der Waals surface area contributed by atoms with Gasteiger partial charge in [-0.1, -0.05) is 23.2 Å². The number of carbonyl (C=O) groups excluding carboxylic acids is 2. The average Bonchev–Trinajstić information content (AvgIpc) is 2.63. The largest absolute Gasteiger partial charge is 0.496 e. The smallest absolute Gasteiger partial charge is 0.342 e. The minimum absolute atomic E-state index is 0.0525. The molecule has 0 saturated carbocycles. The molecule has 1 amide bonds. The first-order valence-corrected chi connectivity index (χ1v) is 8.50. The molecule has 0 aliphatic heterocycles. The zero-order valence-corrected chi connectivity index (χ0v) is 16.4. The van der Waals surface area contributed by atoms with Gasteiger partial charge >= 0.3 is 5.97 Å². The van der Waals surface area contributed by atoms with Crippen molar-refractivity contribution in [1.82, 2.24) is 0 Å². The average molecular weight is 413 g/mol. The number of esters is 1. The van der Waals surface area contributed by atoms with E-state index in [1.165, 1.54) is 39.3 Å². The van der Waals surface area contributed by atoms with E-state index in [4.69, 9.17) is 43.1 Å². The Hall–Kier alpha value is -2.64. The van der Waals surface area contributed by atoms with E-state index in [0.29, 0.717) is 16.5 Å². The van der Waals surface area contributed by atoms with Crippen molar-refractivity contribution in [2.75, 3.05) is 25.3 Å². The van der Waals surface area contributed by atoms with E-state index in [1.54, 1.807) is 12.1 Å². The summed E-state index contributed by atoms with van der Waals surface area (Å²) >= 11 is 11.9. The highest BCUT2D eigenvalue weighted by molar-refractivity contribution is 6.33. The zero-order chi connectivity index (χ0) is 20.1. The van der Waals surface area contributed by atoms with Gasteiger partial charge in [0.1, 0.15) is 17.1 Å². The van der Waals surface area contributed by atoms with Crippen LogP contribution < -0.4 is 20.5 Å². The fourth-order valence-electron chi connectivity index (χ4n) is 2.19. The molecular weight excluding hydrogens is 395 g/mol. The summed E-state index contributed by atoms with van der Waals surface area (Å²) in [6, 6.07) is 7.48. The molecule has 0 unspecified atom stereocenters. The summed E-state index contributed by atoms with van der Waals surface area (Å²) in [4.78, 5) is 24.8. The molecule has 7 nitrogen and oxygen atoms in total. The molecule has 9 heteroatoms. The Morgan fingerprint density at radius 2 is 1.74 bits per heavy atom. The Kier molecular flexibility index (Phi) is 6.76. The van der Waals surface area contributed by atoms with Crippen LogP contribution in [0.3, 0.4) is 0 Å². The number of ether oxygens (including phenoxy) is 3. The van der Waals surface area contributed by atoms with Crippen LogP contribution >= 0.6 is 23.2 Å². The van der Waals surface area contributed by atoms with Crippen molar-refractivity contribution in [3.05, 3.63) is 45.9 Å². The van der Waals surface area contributed by atoms with Crippen LogP contribution in [0, 0.1) is 0 Å². The quantitative estimate of drug-likeness (QED) is 0.553. The SMILES string of the molecule is COc1ccc(Cl)cc1NC(=O)[C@H](C)OC(=O)c1cc(Cl)c(N)cc1OC. The van der Waals surface area contributed by atoms with Crippen LogP contribution in [0.5, 0.6) is 11.5 Å². The van der Waals surface area contributed by atoms with Gasteiger partial charge in [-0.25, -0.2) is 4.79 Å². The number of rotatable bonds is 6. The fraction of sp³-hybridized carbons (Fsp3) is 0.222. The van der Waals surface area contributed by atoms with Crippen molar-refractivity contribution in [2.24, 2.45) is 0 Å². The Bertz CT molecular complexity index is 873. The number of methoxy groups -OCH3 is 2. The van der Waals surface area contributed by atoms with E-state index < -0.39 is 18.0 Å². The molecule has 0 spiro atoms. The molecule has 1 atom stereocenters. The molecule has 0 aromatic heterocycles. The summed E-state index contributed by atoms with van der Waals surface area (Å²) in [6.45, 7) is 1.43. The lowest BCUT2D eigenvalue weighted by molar-refractivity contribution is -0.123. The van der Waals surface area contributed by atoms with Gasteiger partial charge in [-0.2, -0.15) is 0 Å². The number of amides is 1. The predicted molar refractivity (Wildman–Crippen MR) is 104 cm³/mol. The predicted octanol–water partition coefficient (Wildman–Crippen LogP) is 3.78. The van der Waals surface area contributed by atoms with Crippen LogP contribution in [0.25, 0.3) is 0 Å². The van der Waals surface area contributed by atoms with Crippen LogP contribution in [0.4, 0.5) is 11.4 Å². The molecule has 0 heterocycles. The second kappa shape index (κ2) is 8.83. The number of hydrogen-bond acceptors (Lipinski definition) is 6. The molecule has 0 aliphatic carbocycles. The zero-order valence-electron chi connectivity index (χ0n) is 14.8. The number of carbonyl (C=O) groups is 2. The van der Waals surface area contributed by atoms with Crippen LogP contribution in [0.2, 0.25) is 10.0 Å². The van der Waals surface area contributed by atoms with Crippen molar-refractivity contribution < 1.29 is 23.8 Å². The molecule has 2 aromatic rings. The lowest BCUT2D eigenvalue weighted by atomic mass is 10.2. The van der Waals surface area contributed by atoms with E-state index in [1.807, 2.05) is 0 Å². The molecule has 2 rings (SSSR count). The highest BCUT2D eigenvalue weighted by Crippen LogP contribution is 2.30. The summed E-state index contributed by atoms with van der Waals surface area (Å²) < 4.78 is 15.5. The third-order valence-electron chi connectivity index (χ3n) is 3.61. The highest BCUT2D eigenvalue weighted by atomic mass is 35.5. The normalized spacial score (nSPS) is 11.4. The van der Waals surface area contributed by atoms with Crippen molar-refractivity contribution in [3.63, 3.8) is 0 Å². The topological polar surface area (TPSA) is 99.9 Å². The van der Waals surface area contributed by atoms with Crippen LogP contribution in [-0.2, 0) is 9.53 Å². The number of anilines is 2. The number of benzene rings is 2. The highest BCUT2D eigenvalue weighted by Gasteiger charge is 2.23. The second-order valence-electron chi connectivity index (χ2n) is 5.46. The van der Waals surface area contributed by atoms with E-state index >= 15 is 0 Å². The van der Waals surface area contributed by atoms with Crippen LogP contribution in [0.15, 0.2) is 30.3 Å². The molecule has 0 bridgehead atoms.